The van der Waals surface area contributed by atoms with E-state index in [-0.39, 0.29) is 0 Å². The van der Waals surface area contributed by atoms with Gasteiger partial charge < -0.3 is 0 Å². The molecule has 0 unspecified atom stereocenters. The summed E-state index contributed by atoms with van der Waals surface area (Å²) in [4.78, 5) is 9.27. The topological polar surface area (TPSA) is 41.5 Å². The summed E-state index contributed by atoms with van der Waals surface area (Å²) < 4.78 is 0. The van der Waals surface area contributed by atoms with E-state index in [0.29, 0.717) is 6.41 Å². The van der Waals surface area contributed by atoms with E-state index in [1.54, 1.807) is 0 Å². The molecule has 0 bridgehead atoms. The zero-order valence-corrected chi connectivity index (χ0v) is 3.66. The maximum Gasteiger partial charge on any atom is 0.227 e. The molecule has 4 heteroatoms. The Hall–Kier alpha value is -0.730. The molecule has 0 saturated carbocycles. The second-order valence-corrected chi connectivity index (χ2v) is 0.633. The van der Waals surface area contributed by atoms with Crippen molar-refractivity contribution in [3.63, 3.8) is 0 Å². The number of hydrazone groups is 1. The Labute approximate surface area is 40.0 Å². The third kappa shape index (κ3) is 3.27. The highest BCUT2D eigenvalue weighted by atomic mass is 32.1. The van der Waals surface area contributed by atoms with Gasteiger partial charge in [-0.2, -0.15) is 0 Å². The minimum atomic E-state index is 0.416. The molecule has 1 N–H and O–H groups in total. The van der Waals surface area contributed by atoms with Crippen molar-refractivity contribution in [2.75, 3.05) is 0 Å². The summed E-state index contributed by atoms with van der Waals surface area (Å²) in [6.07, 6.45) is 0.416. The zero-order chi connectivity index (χ0) is 4.83. The molecule has 0 aliphatic heterocycles. The molecular formula is C2H2N2OS. The van der Waals surface area contributed by atoms with Crippen molar-refractivity contribution in [2.45, 2.75) is 0 Å². The standard InChI is InChI=1S/C2H2N2OS/c5-1-3-4-2-6/h1H,(H,3,5). The van der Waals surface area contributed by atoms with E-state index in [1.807, 2.05) is 10.6 Å². The van der Waals surface area contributed by atoms with E-state index < -0.39 is 0 Å². The lowest BCUT2D eigenvalue weighted by atomic mass is 11.4. The maximum absolute atomic E-state index is 9.27. The summed E-state index contributed by atoms with van der Waals surface area (Å²) >= 11 is 4.08. The number of thiocarbonyl (C=S) groups is 1. The van der Waals surface area contributed by atoms with Crippen LogP contribution in [0.4, 0.5) is 0 Å². The highest BCUT2D eigenvalue weighted by molar-refractivity contribution is 7.78. The average molecular weight is 102 g/mol. The van der Waals surface area contributed by atoms with Crippen LogP contribution in [-0.4, -0.2) is 11.6 Å². The fraction of sp³-hybridized carbons (Fsp3) is 0. The number of nitrogens with one attached hydrogen (secondary N) is 1. The molecule has 3 nitrogen and oxygen atoms in total. The second-order valence-electron chi connectivity index (χ2n) is 0.450. The number of nitrogens with zero attached hydrogens (tertiary/aromatic N) is 1. The molecule has 0 heterocycles. The Kier molecular flexibility index (Phi) is 3.75. The number of carbonyl (C=O) groups excluding carboxylic acids is 1. The lowest BCUT2D eigenvalue weighted by Gasteiger charge is -1.69. The Morgan fingerprint density at radius 2 is 2.67 bits per heavy atom. The fourth-order valence-electron chi connectivity index (χ4n) is 0.0527. The molecule has 0 radical (unpaired) electrons. The van der Waals surface area contributed by atoms with Gasteiger partial charge in [0, 0.05) is 0 Å². The van der Waals surface area contributed by atoms with Crippen LogP contribution in [0.2, 0.25) is 0 Å². The fourth-order valence-corrected chi connectivity index (χ4v) is 0.105. The van der Waals surface area contributed by atoms with Gasteiger partial charge in [0.2, 0.25) is 6.41 Å². The van der Waals surface area contributed by atoms with Crippen LogP contribution in [0, 0.1) is 0 Å². The summed E-state index contributed by atoms with van der Waals surface area (Å²) in [6.45, 7) is 0. The molecule has 0 saturated heterocycles. The van der Waals surface area contributed by atoms with E-state index in [0.717, 1.165) is 0 Å². The van der Waals surface area contributed by atoms with Gasteiger partial charge in [-0.25, -0.2) is 5.43 Å². The second kappa shape index (κ2) is 4.27. The molecule has 0 aromatic carbocycles. The third-order valence-corrected chi connectivity index (χ3v) is 0.254. The van der Waals surface area contributed by atoms with E-state index in [4.69, 9.17) is 0 Å². The lowest BCUT2D eigenvalue weighted by molar-refractivity contribution is -0.109. The Bertz CT molecular complexity index is 85.5. The van der Waals surface area contributed by atoms with Crippen LogP contribution in [0.15, 0.2) is 5.10 Å². The summed E-state index contributed by atoms with van der Waals surface area (Å²) in [5.41, 5.74) is 1.93. The molecule has 1 amide bonds. The van der Waals surface area contributed by atoms with E-state index in [1.165, 1.54) is 0 Å². The predicted octanol–water partition coefficient (Wildman–Crippen LogP) is -0.250. The van der Waals surface area contributed by atoms with Crippen LogP contribution in [0.3, 0.4) is 0 Å². The first kappa shape index (κ1) is 5.27. The SMILES string of the molecule is O=CNN=C=S. The molecule has 0 atom stereocenters. The summed E-state index contributed by atoms with van der Waals surface area (Å²) in [7, 11) is 0. The number of hydrogen-bond acceptors (Lipinski definition) is 3. The Morgan fingerprint density at radius 3 is 2.83 bits per heavy atom. The number of isothiocyanates is 1. The first-order valence-electron chi connectivity index (χ1n) is 1.18. The molecular weight excluding hydrogens is 100 g/mol. The lowest BCUT2D eigenvalue weighted by Crippen LogP contribution is -1.97. The van der Waals surface area contributed by atoms with Gasteiger partial charge in [0.1, 0.15) is 0 Å². The number of hydrogen-bond donors (Lipinski definition) is 1. The van der Waals surface area contributed by atoms with Gasteiger partial charge in [-0.3, -0.25) is 4.79 Å². The highest BCUT2D eigenvalue weighted by Crippen LogP contribution is 1.40. The molecule has 0 aromatic heterocycles. The van der Waals surface area contributed by atoms with Crippen LogP contribution in [-0.2, 0) is 4.79 Å². The van der Waals surface area contributed by atoms with Crippen molar-refractivity contribution in [1.29, 1.82) is 0 Å². The minimum absolute atomic E-state index is 0.416. The monoisotopic (exact) mass is 102 g/mol. The molecule has 0 rings (SSSR count). The van der Waals surface area contributed by atoms with Crippen molar-refractivity contribution in [3.8, 4) is 0 Å². The average Bonchev–Trinajstić information content (AvgIpc) is 1.61. The van der Waals surface area contributed by atoms with Gasteiger partial charge in [0.25, 0.3) is 0 Å². The van der Waals surface area contributed by atoms with Crippen LogP contribution in [0.5, 0.6) is 0 Å². The molecule has 0 aliphatic carbocycles. The number of carbonyl (C=O) groups is 1. The summed E-state index contributed by atoms with van der Waals surface area (Å²) in [5.74, 6) is 0. The van der Waals surface area contributed by atoms with Crippen LogP contribution >= 0.6 is 12.2 Å². The van der Waals surface area contributed by atoms with E-state index >= 15 is 0 Å². The van der Waals surface area contributed by atoms with Gasteiger partial charge in [-0.1, -0.05) is 0 Å². The Morgan fingerprint density at radius 1 is 2.00 bits per heavy atom. The molecule has 0 spiro atoms. The Balaban J connectivity index is 3.07. The molecule has 32 valence electrons. The number of amides is 1. The largest absolute Gasteiger partial charge is 0.277 e. The zero-order valence-electron chi connectivity index (χ0n) is 2.84. The first-order chi connectivity index (χ1) is 2.91. The van der Waals surface area contributed by atoms with E-state index in [2.05, 4.69) is 17.3 Å². The summed E-state index contributed by atoms with van der Waals surface area (Å²) in [5, 5.41) is 4.97. The van der Waals surface area contributed by atoms with Gasteiger partial charge in [-0.05, 0) is 12.2 Å². The van der Waals surface area contributed by atoms with Crippen molar-refractivity contribution >= 4 is 23.8 Å². The van der Waals surface area contributed by atoms with Gasteiger partial charge in [-0.15, -0.1) is 5.10 Å². The highest BCUT2D eigenvalue weighted by Gasteiger charge is 1.54. The molecule has 6 heavy (non-hydrogen) atoms. The molecule has 0 aromatic rings. The van der Waals surface area contributed by atoms with Crippen LogP contribution in [0.25, 0.3) is 0 Å². The van der Waals surface area contributed by atoms with E-state index in [9.17, 15) is 4.79 Å². The number of rotatable bonds is 2. The van der Waals surface area contributed by atoms with Crippen LogP contribution < -0.4 is 5.43 Å². The van der Waals surface area contributed by atoms with Gasteiger partial charge in [0.05, 0.1) is 5.16 Å². The van der Waals surface area contributed by atoms with Crippen molar-refractivity contribution in [3.05, 3.63) is 0 Å². The maximum atomic E-state index is 9.27. The smallest absolute Gasteiger partial charge is 0.227 e. The third-order valence-electron chi connectivity index (χ3n) is 0.163. The molecule has 0 fully saturated rings. The van der Waals surface area contributed by atoms with Gasteiger partial charge in [0.15, 0.2) is 0 Å². The van der Waals surface area contributed by atoms with Gasteiger partial charge >= 0.3 is 0 Å². The van der Waals surface area contributed by atoms with Crippen LogP contribution in [0.1, 0.15) is 0 Å². The minimum Gasteiger partial charge on any atom is -0.277 e. The van der Waals surface area contributed by atoms with Crippen molar-refractivity contribution in [2.24, 2.45) is 5.10 Å². The first-order valence-corrected chi connectivity index (χ1v) is 1.58. The van der Waals surface area contributed by atoms with Crippen molar-refractivity contribution < 1.29 is 4.79 Å². The summed E-state index contributed by atoms with van der Waals surface area (Å²) in [6, 6.07) is 0. The molecule has 0 aliphatic rings. The van der Waals surface area contributed by atoms with Crippen molar-refractivity contribution in [1.82, 2.24) is 5.43 Å². The predicted molar refractivity (Wildman–Crippen MR) is 24.2 cm³/mol. The normalized spacial score (nSPS) is 5.33. The quantitative estimate of drug-likeness (QED) is 0.226.